The number of amides is 2. The SMILES string of the molecule is CC(=O)NC(Cc1c[nH]c2ccccc12)C(=O)NCc1ccc(COCc2ccccc2)cc1. The summed E-state index contributed by atoms with van der Waals surface area (Å²) in [5, 5.41) is 6.79. The highest BCUT2D eigenvalue weighted by atomic mass is 16.5. The average Bonchev–Trinajstić information content (AvgIpc) is 3.26. The molecular weight excluding hydrogens is 426 g/mol. The second-order valence-corrected chi connectivity index (χ2v) is 8.33. The first-order valence-corrected chi connectivity index (χ1v) is 11.4. The lowest BCUT2D eigenvalue weighted by Crippen LogP contribution is -2.47. The zero-order valence-electron chi connectivity index (χ0n) is 19.2. The molecule has 1 heterocycles. The Hall–Kier alpha value is -3.90. The van der Waals surface area contributed by atoms with Gasteiger partial charge in [-0.3, -0.25) is 9.59 Å². The van der Waals surface area contributed by atoms with Crippen molar-refractivity contribution in [2.24, 2.45) is 0 Å². The molecule has 0 aliphatic heterocycles. The third-order valence-electron chi connectivity index (χ3n) is 5.66. The van der Waals surface area contributed by atoms with Crippen LogP contribution in [0, 0.1) is 0 Å². The monoisotopic (exact) mass is 455 g/mol. The molecule has 0 saturated carbocycles. The van der Waals surface area contributed by atoms with E-state index in [4.69, 9.17) is 4.74 Å². The van der Waals surface area contributed by atoms with Gasteiger partial charge in [-0.15, -0.1) is 0 Å². The normalized spacial score (nSPS) is 11.8. The van der Waals surface area contributed by atoms with Crippen LogP contribution in [0.5, 0.6) is 0 Å². The van der Waals surface area contributed by atoms with Crippen LogP contribution in [0.4, 0.5) is 0 Å². The second-order valence-electron chi connectivity index (χ2n) is 8.33. The van der Waals surface area contributed by atoms with Gasteiger partial charge in [0.15, 0.2) is 0 Å². The van der Waals surface area contributed by atoms with Crippen molar-refractivity contribution in [3.8, 4) is 0 Å². The Bertz CT molecular complexity index is 1230. The van der Waals surface area contributed by atoms with Crippen LogP contribution in [0.3, 0.4) is 0 Å². The maximum Gasteiger partial charge on any atom is 0.243 e. The van der Waals surface area contributed by atoms with Gasteiger partial charge in [0.1, 0.15) is 6.04 Å². The summed E-state index contributed by atoms with van der Waals surface area (Å²) in [6.07, 6.45) is 2.30. The molecule has 0 aliphatic rings. The van der Waals surface area contributed by atoms with E-state index >= 15 is 0 Å². The van der Waals surface area contributed by atoms with E-state index in [1.165, 1.54) is 6.92 Å². The molecule has 1 unspecified atom stereocenters. The number of rotatable bonds is 10. The molecule has 0 spiro atoms. The van der Waals surface area contributed by atoms with Crippen molar-refractivity contribution in [3.05, 3.63) is 107 Å². The predicted octanol–water partition coefficient (Wildman–Crippen LogP) is 4.25. The third-order valence-corrected chi connectivity index (χ3v) is 5.66. The van der Waals surface area contributed by atoms with E-state index in [9.17, 15) is 9.59 Å². The van der Waals surface area contributed by atoms with Crippen LogP contribution in [0.25, 0.3) is 10.9 Å². The lowest BCUT2D eigenvalue weighted by molar-refractivity contribution is -0.128. The Labute approximate surface area is 199 Å². The van der Waals surface area contributed by atoms with Gasteiger partial charge in [0.25, 0.3) is 0 Å². The van der Waals surface area contributed by atoms with Crippen molar-refractivity contribution in [2.75, 3.05) is 0 Å². The Balaban J connectivity index is 1.30. The van der Waals surface area contributed by atoms with Gasteiger partial charge in [0.05, 0.1) is 13.2 Å². The van der Waals surface area contributed by atoms with Crippen LogP contribution < -0.4 is 10.6 Å². The number of nitrogens with one attached hydrogen (secondary N) is 3. The summed E-state index contributed by atoms with van der Waals surface area (Å²) in [4.78, 5) is 27.8. The van der Waals surface area contributed by atoms with Crippen LogP contribution in [-0.2, 0) is 40.5 Å². The first-order chi connectivity index (χ1) is 16.6. The fourth-order valence-corrected chi connectivity index (χ4v) is 3.90. The largest absolute Gasteiger partial charge is 0.372 e. The molecule has 6 nitrogen and oxygen atoms in total. The van der Waals surface area contributed by atoms with Gasteiger partial charge in [-0.05, 0) is 28.3 Å². The molecule has 0 radical (unpaired) electrons. The molecule has 174 valence electrons. The highest BCUT2D eigenvalue weighted by Crippen LogP contribution is 2.19. The fourth-order valence-electron chi connectivity index (χ4n) is 3.90. The van der Waals surface area contributed by atoms with Crippen LogP contribution >= 0.6 is 0 Å². The molecule has 1 atom stereocenters. The number of benzene rings is 3. The number of para-hydroxylation sites is 1. The molecule has 0 fully saturated rings. The number of carbonyl (C=O) groups excluding carboxylic acids is 2. The standard InChI is InChI=1S/C28H29N3O3/c1-20(32)31-27(15-24-17-29-26-10-6-5-9-25(24)26)28(33)30-16-21-11-13-23(14-12-21)19-34-18-22-7-3-2-4-8-22/h2-14,17,27,29H,15-16,18-19H2,1H3,(H,30,33)(H,31,32). The average molecular weight is 456 g/mol. The summed E-state index contributed by atoms with van der Waals surface area (Å²) in [5.41, 5.74) is 5.19. The highest BCUT2D eigenvalue weighted by Gasteiger charge is 2.21. The highest BCUT2D eigenvalue weighted by molar-refractivity contribution is 5.89. The summed E-state index contributed by atoms with van der Waals surface area (Å²) in [5.74, 6) is -0.449. The zero-order valence-corrected chi connectivity index (χ0v) is 19.2. The quantitative estimate of drug-likeness (QED) is 0.334. The minimum Gasteiger partial charge on any atom is -0.372 e. The van der Waals surface area contributed by atoms with Crippen molar-refractivity contribution in [1.82, 2.24) is 15.6 Å². The van der Waals surface area contributed by atoms with Gasteiger partial charge in [-0.25, -0.2) is 0 Å². The van der Waals surface area contributed by atoms with Crippen LogP contribution in [0.15, 0.2) is 85.1 Å². The van der Waals surface area contributed by atoms with Gasteiger partial charge >= 0.3 is 0 Å². The summed E-state index contributed by atoms with van der Waals surface area (Å²) in [6, 6.07) is 25.3. The van der Waals surface area contributed by atoms with Crippen molar-refractivity contribution in [3.63, 3.8) is 0 Å². The number of H-pyrrole nitrogens is 1. The lowest BCUT2D eigenvalue weighted by atomic mass is 10.0. The number of hydrogen-bond donors (Lipinski definition) is 3. The van der Waals surface area contributed by atoms with Gasteiger partial charge in [-0.2, -0.15) is 0 Å². The maximum atomic E-state index is 12.9. The summed E-state index contributed by atoms with van der Waals surface area (Å²) >= 11 is 0. The first-order valence-electron chi connectivity index (χ1n) is 11.4. The van der Waals surface area contributed by atoms with E-state index in [2.05, 4.69) is 15.6 Å². The number of aromatic nitrogens is 1. The number of ether oxygens (including phenoxy) is 1. The Morgan fingerprint density at radius 1 is 0.853 bits per heavy atom. The Kier molecular flexibility index (Phi) is 7.73. The molecule has 0 aliphatic carbocycles. The van der Waals surface area contributed by atoms with E-state index in [0.717, 1.165) is 33.2 Å². The van der Waals surface area contributed by atoms with Crippen molar-refractivity contribution in [1.29, 1.82) is 0 Å². The van der Waals surface area contributed by atoms with Crippen LogP contribution in [0.2, 0.25) is 0 Å². The molecule has 2 amide bonds. The van der Waals surface area contributed by atoms with Gasteiger partial charge in [0.2, 0.25) is 11.8 Å². The molecule has 4 rings (SSSR count). The van der Waals surface area contributed by atoms with Crippen molar-refractivity contribution >= 4 is 22.7 Å². The third kappa shape index (κ3) is 6.33. The van der Waals surface area contributed by atoms with E-state index < -0.39 is 6.04 Å². The van der Waals surface area contributed by atoms with Crippen molar-refractivity contribution in [2.45, 2.75) is 39.1 Å². The van der Waals surface area contributed by atoms with Gasteiger partial charge < -0.3 is 20.4 Å². The van der Waals surface area contributed by atoms with E-state index in [1.807, 2.05) is 85.1 Å². The lowest BCUT2D eigenvalue weighted by Gasteiger charge is -2.17. The molecule has 1 aromatic heterocycles. The smallest absolute Gasteiger partial charge is 0.243 e. The molecule has 3 aromatic carbocycles. The first kappa shape index (κ1) is 23.3. The fraction of sp³-hybridized carbons (Fsp3) is 0.214. The van der Waals surface area contributed by atoms with Gasteiger partial charge in [-0.1, -0.05) is 72.8 Å². The zero-order chi connectivity index (χ0) is 23.8. The van der Waals surface area contributed by atoms with Crippen LogP contribution in [-0.4, -0.2) is 22.8 Å². The number of hydrogen-bond acceptors (Lipinski definition) is 3. The van der Waals surface area contributed by atoms with E-state index in [-0.39, 0.29) is 11.8 Å². The molecule has 3 N–H and O–H groups in total. The van der Waals surface area contributed by atoms with Crippen molar-refractivity contribution < 1.29 is 14.3 Å². The topological polar surface area (TPSA) is 83.2 Å². The number of carbonyl (C=O) groups is 2. The predicted molar refractivity (Wildman–Crippen MR) is 133 cm³/mol. The molecule has 4 aromatic rings. The van der Waals surface area contributed by atoms with Gasteiger partial charge in [0, 0.05) is 37.0 Å². The maximum absolute atomic E-state index is 12.9. The van der Waals surface area contributed by atoms with E-state index in [1.54, 1.807) is 0 Å². The summed E-state index contributed by atoms with van der Waals surface area (Å²) < 4.78 is 5.78. The molecule has 0 bridgehead atoms. The summed E-state index contributed by atoms with van der Waals surface area (Å²) in [7, 11) is 0. The molecule has 34 heavy (non-hydrogen) atoms. The minimum atomic E-state index is -0.651. The molecule has 0 saturated heterocycles. The number of fused-ring (bicyclic) bond motifs is 1. The number of aromatic amines is 1. The van der Waals surface area contributed by atoms with Crippen LogP contribution in [0.1, 0.15) is 29.2 Å². The second kappa shape index (κ2) is 11.3. The molecule has 6 heteroatoms. The Morgan fingerprint density at radius 3 is 2.24 bits per heavy atom. The Morgan fingerprint density at radius 2 is 1.50 bits per heavy atom. The summed E-state index contributed by atoms with van der Waals surface area (Å²) in [6.45, 7) is 2.90. The van der Waals surface area contributed by atoms with E-state index in [0.29, 0.717) is 26.2 Å². The minimum absolute atomic E-state index is 0.212. The molecular formula is C28H29N3O3.